The van der Waals surface area contributed by atoms with Crippen LogP contribution in [0, 0.1) is 0 Å². The zero-order valence-corrected chi connectivity index (χ0v) is 11.8. The highest BCUT2D eigenvalue weighted by Crippen LogP contribution is 2.11. The predicted molar refractivity (Wildman–Crippen MR) is 74.8 cm³/mol. The molecule has 1 N–H and O–H groups in total. The molecule has 0 amide bonds. The van der Waals surface area contributed by atoms with Gasteiger partial charge in [0.15, 0.2) is 0 Å². The van der Waals surface area contributed by atoms with Crippen LogP contribution in [-0.4, -0.2) is 27.4 Å². The largest absolute Gasteiger partial charge is 0.313 e. The summed E-state index contributed by atoms with van der Waals surface area (Å²) in [6.07, 6.45) is 4.75. The minimum Gasteiger partial charge on any atom is -0.313 e. The van der Waals surface area contributed by atoms with Crippen LogP contribution in [0.25, 0.3) is 0 Å². The van der Waals surface area contributed by atoms with E-state index >= 15 is 0 Å². The van der Waals surface area contributed by atoms with Gasteiger partial charge in [0, 0.05) is 19.5 Å². The molecule has 2 aromatic heterocycles. The number of thiophene rings is 1. The number of aryl methyl sites for hydroxylation is 1. The third kappa shape index (κ3) is 3.65. The lowest BCUT2D eigenvalue weighted by atomic mass is 10.1. The number of nitrogens with one attached hydrogen (secondary N) is 1. The average Bonchev–Trinajstić information content (AvgIpc) is 2.99. The summed E-state index contributed by atoms with van der Waals surface area (Å²) in [6, 6.07) is 2.63. The number of aromatic nitrogens is 3. The van der Waals surface area contributed by atoms with Crippen molar-refractivity contribution in [1.82, 2.24) is 20.1 Å². The van der Waals surface area contributed by atoms with E-state index in [1.165, 1.54) is 5.56 Å². The Hall–Kier alpha value is -1.20. The fourth-order valence-electron chi connectivity index (χ4n) is 1.98. The van der Waals surface area contributed by atoms with Crippen LogP contribution in [0.2, 0.25) is 0 Å². The van der Waals surface area contributed by atoms with Crippen molar-refractivity contribution in [3.05, 3.63) is 34.5 Å². The Morgan fingerprint density at radius 3 is 2.94 bits per heavy atom. The summed E-state index contributed by atoms with van der Waals surface area (Å²) >= 11 is 1.76. The van der Waals surface area contributed by atoms with Gasteiger partial charge in [0.25, 0.3) is 0 Å². The van der Waals surface area contributed by atoms with Gasteiger partial charge >= 0.3 is 0 Å². The van der Waals surface area contributed by atoms with Crippen molar-refractivity contribution in [3.63, 3.8) is 0 Å². The van der Waals surface area contributed by atoms with E-state index < -0.39 is 0 Å². The molecule has 0 saturated carbocycles. The third-order valence-electron chi connectivity index (χ3n) is 2.98. The van der Waals surface area contributed by atoms with Crippen LogP contribution >= 0.6 is 11.3 Å². The second-order valence-corrected chi connectivity index (χ2v) is 5.27. The van der Waals surface area contributed by atoms with Gasteiger partial charge < -0.3 is 5.32 Å². The molecule has 18 heavy (non-hydrogen) atoms. The molecule has 0 aliphatic rings. The molecule has 0 aliphatic carbocycles. The summed E-state index contributed by atoms with van der Waals surface area (Å²) in [7, 11) is 1.95. The Morgan fingerprint density at radius 1 is 1.44 bits per heavy atom. The highest BCUT2D eigenvalue weighted by atomic mass is 32.1. The molecule has 0 spiro atoms. The Balaban J connectivity index is 1.98. The summed E-state index contributed by atoms with van der Waals surface area (Å²) in [5.74, 6) is 1.04. The summed E-state index contributed by atoms with van der Waals surface area (Å²) in [4.78, 5) is 4.31. The quantitative estimate of drug-likeness (QED) is 0.832. The molecule has 1 atom stereocenters. The van der Waals surface area contributed by atoms with E-state index in [9.17, 15) is 0 Å². The maximum absolute atomic E-state index is 4.31. The smallest absolute Gasteiger partial charge is 0.138 e. The second kappa shape index (κ2) is 6.66. The fraction of sp³-hybridized carbons (Fsp3) is 0.538. The molecule has 1 unspecified atom stereocenters. The van der Waals surface area contributed by atoms with E-state index in [0.29, 0.717) is 6.04 Å². The minimum absolute atomic E-state index is 0.433. The molecule has 2 heterocycles. The Kier molecular flexibility index (Phi) is 4.90. The molecule has 5 heteroatoms. The fourth-order valence-corrected chi connectivity index (χ4v) is 2.67. The van der Waals surface area contributed by atoms with Crippen molar-refractivity contribution in [1.29, 1.82) is 0 Å². The molecule has 4 nitrogen and oxygen atoms in total. The lowest BCUT2D eigenvalue weighted by Gasteiger charge is -2.17. The summed E-state index contributed by atoms with van der Waals surface area (Å²) in [6.45, 7) is 3.24. The van der Waals surface area contributed by atoms with Gasteiger partial charge in [-0.05, 0) is 41.8 Å². The predicted octanol–water partition coefficient (Wildman–Crippen LogP) is 2.03. The minimum atomic E-state index is 0.433. The molecule has 2 aromatic rings. The second-order valence-electron chi connectivity index (χ2n) is 4.49. The van der Waals surface area contributed by atoms with E-state index in [0.717, 1.165) is 31.6 Å². The van der Waals surface area contributed by atoms with Crippen molar-refractivity contribution >= 4 is 11.3 Å². The van der Waals surface area contributed by atoms with Crippen molar-refractivity contribution in [2.75, 3.05) is 6.54 Å². The molecule has 0 aliphatic heterocycles. The van der Waals surface area contributed by atoms with Crippen molar-refractivity contribution in [2.24, 2.45) is 7.05 Å². The van der Waals surface area contributed by atoms with Crippen LogP contribution in [0.15, 0.2) is 23.2 Å². The van der Waals surface area contributed by atoms with Gasteiger partial charge in [-0.2, -0.15) is 16.4 Å². The molecular formula is C13H20N4S. The average molecular weight is 264 g/mol. The van der Waals surface area contributed by atoms with Crippen LogP contribution in [0.4, 0.5) is 0 Å². The lowest BCUT2D eigenvalue weighted by molar-refractivity contribution is 0.486. The molecule has 98 valence electrons. The van der Waals surface area contributed by atoms with Crippen LogP contribution in [0.3, 0.4) is 0 Å². The van der Waals surface area contributed by atoms with Crippen LogP contribution < -0.4 is 5.32 Å². The van der Waals surface area contributed by atoms with Gasteiger partial charge in [0.05, 0.1) is 0 Å². The summed E-state index contributed by atoms with van der Waals surface area (Å²) in [5, 5.41) is 12.1. The normalized spacial score (nSPS) is 12.8. The zero-order valence-electron chi connectivity index (χ0n) is 11.0. The van der Waals surface area contributed by atoms with E-state index in [2.05, 4.69) is 39.1 Å². The topological polar surface area (TPSA) is 42.7 Å². The Bertz CT molecular complexity index is 449. The van der Waals surface area contributed by atoms with Gasteiger partial charge in [0.1, 0.15) is 12.2 Å². The van der Waals surface area contributed by atoms with Crippen molar-refractivity contribution in [3.8, 4) is 0 Å². The van der Waals surface area contributed by atoms with Crippen LogP contribution in [-0.2, 0) is 19.9 Å². The Labute approximate surface area is 112 Å². The first-order chi connectivity index (χ1) is 8.79. The Morgan fingerprint density at radius 2 is 2.33 bits per heavy atom. The van der Waals surface area contributed by atoms with Crippen LogP contribution in [0.5, 0.6) is 0 Å². The summed E-state index contributed by atoms with van der Waals surface area (Å²) in [5.41, 5.74) is 1.40. The van der Waals surface area contributed by atoms with Crippen molar-refractivity contribution < 1.29 is 0 Å². The van der Waals surface area contributed by atoms with Crippen molar-refractivity contribution in [2.45, 2.75) is 32.2 Å². The van der Waals surface area contributed by atoms with Gasteiger partial charge in [-0.25, -0.2) is 4.98 Å². The first-order valence-electron chi connectivity index (χ1n) is 6.37. The van der Waals surface area contributed by atoms with E-state index in [1.54, 1.807) is 17.7 Å². The third-order valence-corrected chi connectivity index (χ3v) is 3.71. The van der Waals surface area contributed by atoms with Gasteiger partial charge in [0.2, 0.25) is 0 Å². The number of nitrogens with zero attached hydrogens (tertiary/aromatic N) is 3. The maximum Gasteiger partial charge on any atom is 0.138 e. The lowest BCUT2D eigenvalue weighted by Crippen LogP contribution is -2.34. The highest BCUT2D eigenvalue weighted by molar-refractivity contribution is 7.07. The zero-order chi connectivity index (χ0) is 12.8. The van der Waals surface area contributed by atoms with E-state index in [4.69, 9.17) is 0 Å². The molecule has 2 rings (SSSR count). The van der Waals surface area contributed by atoms with Gasteiger partial charge in [-0.1, -0.05) is 6.92 Å². The maximum atomic E-state index is 4.31. The highest BCUT2D eigenvalue weighted by Gasteiger charge is 2.13. The molecule has 0 fully saturated rings. The SMILES string of the molecule is CCCNC(Cc1ccsc1)Cc1ncnn1C. The number of hydrogen-bond donors (Lipinski definition) is 1. The monoisotopic (exact) mass is 264 g/mol. The molecular weight excluding hydrogens is 244 g/mol. The van der Waals surface area contributed by atoms with E-state index in [-0.39, 0.29) is 0 Å². The number of rotatable bonds is 7. The van der Waals surface area contributed by atoms with Gasteiger partial charge in [-0.15, -0.1) is 0 Å². The number of hydrogen-bond acceptors (Lipinski definition) is 4. The van der Waals surface area contributed by atoms with Gasteiger partial charge in [-0.3, -0.25) is 4.68 Å². The molecule has 0 aromatic carbocycles. The summed E-state index contributed by atoms with van der Waals surface area (Å²) < 4.78 is 1.86. The molecule has 0 bridgehead atoms. The first-order valence-corrected chi connectivity index (χ1v) is 7.31. The molecule has 0 radical (unpaired) electrons. The standard InChI is InChI=1S/C13H20N4S/c1-3-5-14-12(7-11-4-6-18-9-11)8-13-15-10-16-17(13)2/h4,6,9-10,12,14H,3,5,7-8H2,1-2H3. The molecule has 0 saturated heterocycles. The first kappa shape index (κ1) is 13.2. The van der Waals surface area contributed by atoms with Crippen LogP contribution in [0.1, 0.15) is 24.7 Å². The van der Waals surface area contributed by atoms with E-state index in [1.807, 2.05) is 11.7 Å².